The summed E-state index contributed by atoms with van der Waals surface area (Å²) in [6.45, 7) is 3.20. The Bertz CT molecular complexity index is 953. The number of morpholine rings is 1. The van der Waals surface area contributed by atoms with Crippen molar-refractivity contribution < 1.29 is 22.7 Å². The van der Waals surface area contributed by atoms with Gasteiger partial charge < -0.3 is 14.4 Å². The van der Waals surface area contributed by atoms with Crippen LogP contribution in [0.2, 0.25) is 0 Å². The van der Waals surface area contributed by atoms with Gasteiger partial charge in [0, 0.05) is 24.9 Å². The molecule has 4 rings (SSSR count). The molecule has 1 amide bonds. The molecule has 0 atom stereocenters. The van der Waals surface area contributed by atoms with Crippen molar-refractivity contribution in [2.24, 2.45) is 0 Å². The van der Waals surface area contributed by atoms with Crippen LogP contribution in [0.1, 0.15) is 16.1 Å². The van der Waals surface area contributed by atoms with Gasteiger partial charge in [0.15, 0.2) is 5.13 Å². The van der Waals surface area contributed by atoms with Crippen molar-refractivity contribution in [1.29, 1.82) is 0 Å². The van der Waals surface area contributed by atoms with Crippen molar-refractivity contribution in [2.45, 2.75) is 11.3 Å². The predicted molar refractivity (Wildman–Crippen MR) is 98.6 cm³/mol. The zero-order valence-corrected chi connectivity index (χ0v) is 15.9. The van der Waals surface area contributed by atoms with Gasteiger partial charge in [0.1, 0.15) is 11.4 Å². The second kappa shape index (κ2) is 7.43. The van der Waals surface area contributed by atoms with E-state index in [1.54, 1.807) is 17.5 Å². The van der Waals surface area contributed by atoms with Crippen LogP contribution in [0.15, 0.2) is 28.5 Å². The fourth-order valence-corrected chi connectivity index (χ4v) is 4.58. The van der Waals surface area contributed by atoms with E-state index in [0.717, 1.165) is 5.56 Å². The van der Waals surface area contributed by atoms with Crippen molar-refractivity contribution >= 4 is 32.4 Å². The molecule has 0 unspecified atom stereocenters. The number of amides is 1. The average Bonchev–Trinajstić information content (AvgIpc) is 3.35. The number of nitrogens with zero attached hydrogens (tertiary/aromatic N) is 2. The minimum Gasteiger partial charge on any atom is -0.493 e. The maximum Gasteiger partial charge on any atom is 0.285 e. The predicted octanol–water partition coefficient (Wildman–Crippen LogP) is 0.538. The smallest absolute Gasteiger partial charge is 0.285 e. The number of anilines is 1. The molecule has 0 spiro atoms. The first-order valence-corrected chi connectivity index (χ1v) is 10.8. The number of hydrazine groups is 1. The third-order valence-corrected chi connectivity index (χ3v) is 6.42. The molecular weight excluding hydrogens is 392 g/mol. The number of fused-ring (bicyclic) bond motifs is 1. The van der Waals surface area contributed by atoms with E-state index in [0.29, 0.717) is 50.2 Å². The van der Waals surface area contributed by atoms with E-state index in [4.69, 9.17) is 9.47 Å². The molecule has 2 aromatic rings. The Morgan fingerprint density at radius 3 is 2.85 bits per heavy atom. The lowest BCUT2D eigenvalue weighted by molar-refractivity contribution is 0.0940. The Kier molecular flexibility index (Phi) is 5.00. The first kappa shape index (κ1) is 18.2. The van der Waals surface area contributed by atoms with E-state index >= 15 is 0 Å². The van der Waals surface area contributed by atoms with Crippen LogP contribution < -0.4 is 19.9 Å². The third-order valence-electron chi connectivity index (χ3n) is 4.28. The summed E-state index contributed by atoms with van der Waals surface area (Å²) in [5.74, 6) is 0.0786. The van der Waals surface area contributed by atoms with E-state index in [-0.39, 0.29) is 10.6 Å². The first-order valence-electron chi connectivity index (χ1n) is 8.39. The van der Waals surface area contributed by atoms with Gasteiger partial charge in [-0.15, -0.1) is 16.2 Å². The number of ether oxygens (including phenoxy) is 2. The van der Waals surface area contributed by atoms with Crippen LogP contribution in [0.25, 0.3) is 0 Å². The summed E-state index contributed by atoms with van der Waals surface area (Å²) >= 11 is 1.33. The van der Waals surface area contributed by atoms with Gasteiger partial charge in [-0.05, 0) is 23.8 Å². The normalized spacial score (nSPS) is 16.7. The summed E-state index contributed by atoms with van der Waals surface area (Å²) in [6.07, 6.45) is 0.661. The van der Waals surface area contributed by atoms with E-state index < -0.39 is 15.9 Å². The monoisotopic (exact) mass is 410 g/mol. The number of hydrogen-bond acceptors (Lipinski definition) is 8. The van der Waals surface area contributed by atoms with E-state index in [2.05, 4.69) is 15.2 Å². The van der Waals surface area contributed by atoms with Gasteiger partial charge in [0.05, 0.1) is 24.7 Å². The highest BCUT2D eigenvalue weighted by atomic mass is 32.2. The van der Waals surface area contributed by atoms with Crippen molar-refractivity contribution in [2.75, 3.05) is 37.8 Å². The van der Waals surface area contributed by atoms with Crippen LogP contribution in [-0.4, -0.2) is 52.2 Å². The standard InChI is InChI=1S/C16H18N4O5S2/c21-15(13-10-26-16(17-13)20-4-7-24-8-5-20)18-19-27(22,23)12-1-2-14-11(9-12)3-6-25-14/h1-2,9-10,19H,3-8H2,(H,18,21). The van der Waals surface area contributed by atoms with Gasteiger partial charge in [-0.2, -0.15) is 0 Å². The summed E-state index contributed by atoms with van der Waals surface area (Å²) in [7, 11) is -3.89. The number of rotatable bonds is 5. The van der Waals surface area contributed by atoms with Gasteiger partial charge in [-0.25, -0.2) is 13.4 Å². The van der Waals surface area contributed by atoms with Crippen LogP contribution in [-0.2, 0) is 21.2 Å². The lowest BCUT2D eigenvalue weighted by Gasteiger charge is -2.25. The number of carbonyl (C=O) groups is 1. The number of sulfonamides is 1. The van der Waals surface area contributed by atoms with Crippen LogP contribution in [0.5, 0.6) is 5.75 Å². The van der Waals surface area contributed by atoms with Gasteiger partial charge in [0.25, 0.3) is 15.9 Å². The van der Waals surface area contributed by atoms with E-state index in [9.17, 15) is 13.2 Å². The molecule has 9 nitrogen and oxygen atoms in total. The fraction of sp³-hybridized carbons (Fsp3) is 0.375. The Balaban J connectivity index is 1.40. The Labute approximate surface area is 160 Å². The number of carbonyl (C=O) groups excluding carboxylic acids is 1. The van der Waals surface area contributed by atoms with E-state index in [1.165, 1.54) is 17.4 Å². The zero-order chi connectivity index (χ0) is 18.9. The second-order valence-corrected chi connectivity index (χ2v) is 8.56. The Hall–Kier alpha value is -2.21. The highest BCUT2D eigenvalue weighted by Crippen LogP contribution is 2.27. The molecule has 27 heavy (non-hydrogen) atoms. The van der Waals surface area contributed by atoms with Crippen molar-refractivity contribution in [3.63, 3.8) is 0 Å². The highest BCUT2D eigenvalue weighted by molar-refractivity contribution is 7.89. The molecule has 0 bridgehead atoms. The van der Waals surface area contributed by atoms with Crippen LogP contribution in [0, 0.1) is 0 Å². The SMILES string of the molecule is O=C(NNS(=O)(=O)c1ccc2c(c1)CCO2)c1csc(N2CCOCC2)n1. The molecule has 0 radical (unpaired) electrons. The molecule has 0 saturated carbocycles. The van der Waals surface area contributed by atoms with Gasteiger partial charge in [0.2, 0.25) is 0 Å². The summed E-state index contributed by atoms with van der Waals surface area (Å²) in [4.78, 5) is 20.7. The zero-order valence-electron chi connectivity index (χ0n) is 14.3. The maximum atomic E-state index is 12.4. The van der Waals surface area contributed by atoms with Crippen molar-refractivity contribution in [3.8, 4) is 5.75 Å². The molecule has 1 aromatic carbocycles. The summed E-state index contributed by atoms with van der Waals surface area (Å²) in [5, 5.41) is 2.31. The van der Waals surface area contributed by atoms with Crippen LogP contribution in [0.3, 0.4) is 0 Å². The lowest BCUT2D eigenvalue weighted by atomic mass is 10.2. The molecule has 2 aliphatic heterocycles. The molecule has 1 saturated heterocycles. The molecule has 2 N–H and O–H groups in total. The number of hydrogen-bond donors (Lipinski definition) is 2. The maximum absolute atomic E-state index is 12.4. The molecular formula is C16H18N4O5S2. The Morgan fingerprint density at radius 2 is 2.04 bits per heavy atom. The van der Waals surface area contributed by atoms with Crippen LogP contribution in [0.4, 0.5) is 5.13 Å². The summed E-state index contributed by atoms with van der Waals surface area (Å²) in [6, 6.07) is 4.61. The number of thiazole rings is 1. The molecule has 11 heteroatoms. The van der Waals surface area contributed by atoms with E-state index in [1.807, 2.05) is 4.90 Å². The topological polar surface area (TPSA) is 110 Å². The van der Waals surface area contributed by atoms with Crippen LogP contribution >= 0.6 is 11.3 Å². The molecule has 0 aliphatic carbocycles. The van der Waals surface area contributed by atoms with Gasteiger partial charge in [-0.1, -0.05) is 0 Å². The van der Waals surface area contributed by atoms with Gasteiger partial charge in [-0.3, -0.25) is 10.2 Å². The summed E-state index contributed by atoms with van der Waals surface area (Å²) < 4.78 is 35.5. The summed E-state index contributed by atoms with van der Waals surface area (Å²) in [5.41, 5.74) is 3.21. The minimum atomic E-state index is -3.89. The number of nitrogens with one attached hydrogen (secondary N) is 2. The molecule has 1 aromatic heterocycles. The lowest BCUT2D eigenvalue weighted by Crippen LogP contribution is -2.41. The molecule has 144 valence electrons. The molecule has 3 heterocycles. The first-order chi connectivity index (χ1) is 13.0. The van der Waals surface area contributed by atoms with Gasteiger partial charge >= 0.3 is 0 Å². The molecule has 1 fully saturated rings. The average molecular weight is 410 g/mol. The fourth-order valence-electron chi connectivity index (χ4n) is 2.84. The quantitative estimate of drug-likeness (QED) is 0.692. The molecule has 2 aliphatic rings. The highest BCUT2D eigenvalue weighted by Gasteiger charge is 2.22. The second-order valence-electron chi connectivity index (χ2n) is 6.04. The Morgan fingerprint density at radius 1 is 1.22 bits per heavy atom. The van der Waals surface area contributed by atoms with Crippen molar-refractivity contribution in [3.05, 3.63) is 34.8 Å². The largest absolute Gasteiger partial charge is 0.493 e. The minimum absolute atomic E-state index is 0.0688. The van der Waals surface area contributed by atoms with Crippen molar-refractivity contribution in [1.82, 2.24) is 15.2 Å². The number of aromatic nitrogens is 1. The number of benzene rings is 1. The third kappa shape index (κ3) is 3.90.